The highest BCUT2D eigenvalue weighted by molar-refractivity contribution is 6.13. The number of nitrogens with zero attached hydrogens (tertiary/aromatic N) is 6. The van der Waals surface area contributed by atoms with Gasteiger partial charge in [0.25, 0.3) is 0 Å². The first kappa shape index (κ1) is 36.6. The van der Waals surface area contributed by atoms with Crippen LogP contribution in [0.2, 0.25) is 0 Å². The van der Waals surface area contributed by atoms with Crippen LogP contribution in [-0.4, -0.2) is 21.6 Å². The Morgan fingerprint density at radius 3 is 0.983 bits per heavy atom. The molecule has 0 atom stereocenters. The molecule has 2 heterocycles. The van der Waals surface area contributed by atoms with Crippen LogP contribution in [0.4, 0.5) is 22.7 Å². The number of hydrogen-bond donors (Lipinski definition) is 0. The Morgan fingerprint density at radius 2 is 0.667 bits per heavy atom. The van der Waals surface area contributed by atoms with Gasteiger partial charge >= 0.3 is 0 Å². The molecule has 0 saturated heterocycles. The van der Waals surface area contributed by atoms with Crippen LogP contribution in [0.15, 0.2) is 204 Å². The van der Waals surface area contributed by atoms with Crippen molar-refractivity contribution in [3.05, 3.63) is 205 Å². The van der Waals surface area contributed by atoms with E-state index in [0.717, 1.165) is 47.0 Å². The summed E-state index contributed by atoms with van der Waals surface area (Å²) in [6.07, 6.45) is 3.94. The fourth-order valence-electron chi connectivity index (χ4n) is 8.53. The summed E-state index contributed by atoms with van der Waals surface area (Å²) in [5, 5.41) is 18.9. The summed E-state index contributed by atoms with van der Waals surface area (Å²) >= 11 is 0. The van der Waals surface area contributed by atoms with E-state index in [9.17, 15) is 0 Å². The molecular weight excluding hydrogens is 733 g/mol. The Kier molecular flexibility index (Phi) is 9.72. The molecule has 0 radical (unpaired) electrons. The molecule has 290 valence electrons. The number of aromatic nitrogens is 2. The molecule has 0 bridgehead atoms. The predicted octanol–water partition coefficient (Wildman–Crippen LogP) is 14.0. The van der Waals surface area contributed by atoms with E-state index in [1.165, 1.54) is 54.7 Å². The average molecular weight is 777 g/mol. The molecule has 2 aromatic heterocycles. The molecule has 8 aromatic carbocycles. The molecule has 0 unspecified atom stereocenters. The van der Waals surface area contributed by atoms with Crippen molar-refractivity contribution in [2.75, 3.05) is 10.0 Å². The average Bonchev–Trinajstić information content (AvgIpc) is 3.81. The Hall–Kier alpha value is -7.70. The lowest BCUT2D eigenvalue weighted by molar-refractivity contribution is 0.827. The Balaban J connectivity index is 1.03. The van der Waals surface area contributed by atoms with Gasteiger partial charge in [0, 0.05) is 56.7 Å². The second-order valence-electron chi connectivity index (χ2n) is 15.0. The van der Waals surface area contributed by atoms with E-state index in [-0.39, 0.29) is 0 Å². The third kappa shape index (κ3) is 6.78. The van der Waals surface area contributed by atoms with E-state index in [0.29, 0.717) is 0 Å². The van der Waals surface area contributed by atoms with Crippen LogP contribution >= 0.6 is 0 Å². The smallest absolute Gasteiger partial charge is 0.0652 e. The summed E-state index contributed by atoms with van der Waals surface area (Å²) < 4.78 is 4.82. The summed E-state index contributed by atoms with van der Waals surface area (Å²) in [5.41, 5.74) is 13.4. The number of hydrogen-bond acceptors (Lipinski definition) is 4. The summed E-state index contributed by atoms with van der Waals surface area (Å²) in [6, 6.07) is 68.4. The van der Waals surface area contributed by atoms with Gasteiger partial charge in [-0.05, 0) is 133 Å². The minimum atomic E-state index is 0.880. The molecule has 0 fully saturated rings. The van der Waals surface area contributed by atoms with Crippen LogP contribution in [0.5, 0.6) is 0 Å². The number of para-hydroxylation sites is 4. The van der Waals surface area contributed by atoms with Gasteiger partial charge in [0.05, 0.1) is 35.2 Å². The van der Waals surface area contributed by atoms with Crippen LogP contribution in [0.1, 0.15) is 25.0 Å². The molecule has 10 rings (SSSR count). The first-order valence-electron chi connectivity index (χ1n) is 20.7. The Morgan fingerprint density at radius 1 is 0.367 bits per heavy atom. The van der Waals surface area contributed by atoms with Gasteiger partial charge in [-0.1, -0.05) is 97.1 Å². The molecule has 0 aliphatic carbocycles. The molecule has 6 heteroatoms. The normalized spacial score (nSPS) is 11.8. The van der Waals surface area contributed by atoms with Gasteiger partial charge in [-0.2, -0.15) is 10.2 Å². The summed E-state index contributed by atoms with van der Waals surface area (Å²) in [6.45, 7) is 6.20. The van der Waals surface area contributed by atoms with E-state index in [1.54, 1.807) is 0 Å². The van der Waals surface area contributed by atoms with Gasteiger partial charge in [0.15, 0.2) is 0 Å². The van der Waals surface area contributed by atoms with Crippen molar-refractivity contribution in [2.24, 2.45) is 10.2 Å². The van der Waals surface area contributed by atoms with Crippen molar-refractivity contribution in [3.63, 3.8) is 0 Å². The van der Waals surface area contributed by atoms with E-state index >= 15 is 0 Å². The third-order valence-corrected chi connectivity index (χ3v) is 11.4. The van der Waals surface area contributed by atoms with Crippen molar-refractivity contribution in [1.82, 2.24) is 9.13 Å². The lowest BCUT2D eigenvalue weighted by atomic mass is 10.00. The minimum Gasteiger partial charge on any atom is -0.341 e. The summed E-state index contributed by atoms with van der Waals surface area (Å²) in [4.78, 5) is 0. The van der Waals surface area contributed by atoms with Crippen LogP contribution < -0.4 is 10.0 Å². The molecule has 0 aliphatic rings. The van der Waals surface area contributed by atoms with Crippen molar-refractivity contribution in [3.8, 4) is 11.1 Å². The monoisotopic (exact) mass is 776 g/mol. The molecule has 0 spiro atoms. The second kappa shape index (κ2) is 15.9. The van der Waals surface area contributed by atoms with Gasteiger partial charge in [-0.15, -0.1) is 0 Å². The zero-order valence-electron chi connectivity index (χ0n) is 33.7. The number of fused-ring (bicyclic) bond motifs is 6. The van der Waals surface area contributed by atoms with Crippen LogP contribution in [0, 0.1) is 0 Å². The molecule has 60 heavy (non-hydrogen) atoms. The Labute approximate surface area is 350 Å². The number of aryl methyl sites for hydroxylation is 2. The topological polar surface area (TPSA) is 41.1 Å². The van der Waals surface area contributed by atoms with Crippen molar-refractivity contribution >= 4 is 78.8 Å². The first-order chi connectivity index (χ1) is 29.7. The number of anilines is 4. The third-order valence-electron chi connectivity index (χ3n) is 11.4. The van der Waals surface area contributed by atoms with Gasteiger partial charge in [0.1, 0.15) is 0 Å². The summed E-state index contributed by atoms with van der Waals surface area (Å²) in [7, 11) is 0. The molecule has 10 aromatic rings. The molecule has 0 amide bonds. The van der Waals surface area contributed by atoms with Crippen molar-refractivity contribution in [2.45, 2.75) is 26.9 Å². The first-order valence-corrected chi connectivity index (χ1v) is 20.7. The van der Waals surface area contributed by atoms with Gasteiger partial charge in [0.2, 0.25) is 0 Å². The zero-order chi connectivity index (χ0) is 40.4. The number of rotatable bonds is 11. The minimum absolute atomic E-state index is 0.880. The van der Waals surface area contributed by atoms with E-state index in [2.05, 4.69) is 144 Å². The highest BCUT2D eigenvalue weighted by atomic mass is 15.5. The molecule has 0 aliphatic heterocycles. The molecule has 6 nitrogen and oxygen atoms in total. The SMILES string of the molecule is CCn1c2ccc(/C=N/N(c3ccccc3)c3ccccc3)cc2c2cc(-c3ccc4c(c3)c3cc(/C=N/N(c5ccccc5)c5ccccc5)ccc3n4CC)ccc21. The van der Waals surface area contributed by atoms with Gasteiger partial charge < -0.3 is 9.13 Å². The summed E-state index contributed by atoms with van der Waals surface area (Å²) in [5.74, 6) is 0. The molecule has 0 saturated carbocycles. The molecule has 0 N–H and O–H groups in total. The fraction of sp³-hybridized carbons (Fsp3) is 0.0741. The van der Waals surface area contributed by atoms with Crippen LogP contribution in [0.25, 0.3) is 54.7 Å². The highest BCUT2D eigenvalue weighted by Crippen LogP contribution is 2.37. The number of hydrazone groups is 2. The van der Waals surface area contributed by atoms with E-state index in [1.807, 2.05) is 95.2 Å². The second-order valence-corrected chi connectivity index (χ2v) is 15.0. The van der Waals surface area contributed by atoms with Crippen molar-refractivity contribution in [1.29, 1.82) is 0 Å². The van der Waals surface area contributed by atoms with Gasteiger partial charge in [-0.3, -0.25) is 0 Å². The van der Waals surface area contributed by atoms with E-state index < -0.39 is 0 Å². The van der Waals surface area contributed by atoms with Crippen molar-refractivity contribution < 1.29 is 0 Å². The maximum absolute atomic E-state index is 5.02. The quantitative estimate of drug-likeness (QED) is 0.0969. The fourth-order valence-corrected chi connectivity index (χ4v) is 8.53. The lowest BCUT2D eigenvalue weighted by Crippen LogP contribution is -2.09. The predicted molar refractivity (Wildman–Crippen MR) is 254 cm³/mol. The standard InChI is InChI=1S/C54H44N6/c1-3-57-51-29-25-39(37-55-59(43-17-9-5-10-18-43)44-19-11-6-12-20-44)33-47(51)49-35-41(27-31-53(49)57)42-28-32-54-50(36-42)48-34-40(26-30-52(48)58(54)4-2)38-56-60(45-21-13-7-14-22-45)46-23-15-8-16-24-46/h5-38H,3-4H2,1-2H3/b55-37+,56-38+. The van der Waals surface area contributed by atoms with Gasteiger partial charge in [-0.25, -0.2) is 10.0 Å². The molecular formula is C54H44N6. The zero-order valence-corrected chi connectivity index (χ0v) is 33.7. The lowest BCUT2D eigenvalue weighted by Gasteiger charge is -2.19. The maximum Gasteiger partial charge on any atom is 0.0652 e. The largest absolute Gasteiger partial charge is 0.341 e. The number of benzene rings is 8. The highest BCUT2D eigenvalue weighted by Gasteiger charge is 2.16. The van der Waals surface area contributed by atoms with Crippen LogP contribution in [-0.2, 0) is 13.1 Å². The maximum atomic E-state index is 5.02. The Bertz CT molecular complexity index is 2870. The van der Waals surface area contributed by atoms with Crippen LogP contribution in [0.3, 0.4) is 0 Å². The van der Waals surface area contributed by atoms with E-state index in [4.69, 9.17) is 10.2 Å².